The fourth-order valence-corrected chi connectivity index (χ4v) is 3.19. The highest BCUT2D eigenvalue weighted by Crippen LogP contribution is 2.49. The minimum Gasteiger partial charge on any atom is -0.350 e. The fourth-order valence-electron chi connectivity index (χ4n) is 2.98. The van der Waals surface area contributed by atoms with Gasteiger partial charge in [-0.05, 0) is 49.9 Å². The van der Waals surface area contributed by atoms with E-state index in [1.165, 1.54) is 0 Å². The molecule has 1 heterocycles. The Bertz CT molecular complexity index is 533. The summed E-state index contributed by atoms with van der Waals surface area (Å²) in [5, 5.41) is 6.60. The molecular formula is C16H20ClFN2O. The lowest BCUT2D eigenvalue weighted by Crippen LogP contribution is -2.52. The zero-order chi connectivity index (χ0) is 14.9. The SMILES string of the molecule is O=C(N[C@H]1CCNC[C@@H]1F)C1(Cc2cccc(Cl)c2)CC1. The van der Waals surface area contributed by atoms with Crippen LogP contribution in [0.25, 0.3) is 0 Å². The van der Waals surface area contributed by atoms with E-state index in [0.29, 0.717) is 24.4 Å². The molecule has 1 saturated heterocycles. The number of benzene rings is 1. The van der Waals surface area contributed by atoms with Crippen molar-refractivity contribution in [2.45, 2.75) is 37.9 Å². The van der Waals surface area contributed by atoms with Crippen LogP contribution in [0.5, 0.6) is 0 Å². The van der Waals surface area contributed by atoms with Gasteiger partial charge >= 0.3 is 0 Å². The molecule has 2 fully saturated rings. The maximum absolute atomic E-state index is 13.8. The van der Waals surface area contributed by atoms with Gasteiger partial charge in [0.2, 0.25) is 5.91 Å². The zero-order valence-electron chi connectivity index (χ0n) is 11.9. The van der Waals surface area contributed by atoms with Gasteiger partial charge in [0.1, 0.15) is 6.17 Å². The molecule has 3 rings (SSSR count). The predicted octanol–water partition coefficient (Wildman–Crippen LogP) is 2.48. The van der Waals surface area contributed by atoms with Crippen LogP contribution in [0.1, 0.15) is 24.8 Å². The lowest BCUT2D eigenvalue weighted by molar-refractivity contribution is -0.127. The van der Waals surface area contributed by atoms with Crippen molar-refractivity contribution in [3.05, 3.63) is 34.9 Å². The molecule has 3 nitrogen and oxygen atoms in total. The number of hydrogen-bond donors (Lipinski definition) is 2. The Morgan fingerprint density at radius 2 is 2.29 bits per heavy atom. The van der Waals surface area contributed by atoms with Crippen LogP contribution in [0, 0.1) is 5.41 Å². The lowest BCUT2D eigenvalue weighted by Gasteiger charge is -2.29. The molecule has 1 saturated carbocycles. The average Bonchev–Trinajstić information content (AvgIpc) is 3.22. The molecule has 2 N–H and O–H groups in total. The average molecular weight is 311 g/mol. The summed E-state index contributed by atoms with van der Waals surface area (Å²) in [5.41, 5.74) is 0.715. The van der Waals surface area contributed by atoms with Crippen molar-refractivity contribution in [2.24, 2.45) is 5.41 Å². The molecule has 1 aliphatic carbocycles. The molecule has 2 aliphatic rings. The van der Waals surface area contributed by atoms with Crippen LogP contribution >= 0.6 is 11.6 Å². The van der Waals surface area contributed by atoms with E-state index in [1.54, 1.807) is 0 Å². The third kappa shape index (κ3) is 3.38. The van der Waals surface area contributed by atoms with E-state index in [-0.39, 0.29) is 17.4 Å². The molecular weight excluding hydrogens is 291 g/mol. The van der Waals surface area contributed by atoms with Crippen LogP contribution < -0.4 is 10.6 Å². The van der Waals surface area contributed by atoms with E-state index in [2.05, 4.69) is 10.6 Å². The number of carbonyl (C=O) groups is 1. The molecule has 0 aromatic heterocycles. The Morgan fingerprint density at radius 1 is 1.48 bits per heavy atom. The van der Waals surface area contributed by atoms with Crippen LogP contribution in [0.4, 0.5) is 4.39 Å². The third-order valence-electron chi connectivity index (χ3n) is 4.49. The summed E-state index contributed by atoms with van der Waals surface area (Å²) in [7, 11) is 0. The van der Waals surface area contributed by atoms with Crippen LogP contribution in [0.15, 0.2) is 24.3 Å². The third-order valence-corrected chi connectivity index (χ3v) is 4.73. The maximum Gasteiger partial charge on any atom is 0.226 e. The monoisotopic (exact) mass is 310 g/mol. The van der Waals surface area contributed by atoms with E-state index in [4.69, 9.17) is 11.6 Å². The fraction of sp³-hybridized carbons (Fsp3) is 0.562. The number of nitrogens with one attached hydrogen (secondary N) is 2. The summed E-state index contributed by atoms with van der Waals surface area (Å²) in [6.07, 6.45) is 2.08. The summed E-state index contributed by atoms with van der Waals surface area (Å²) in [6.45, 7) is 1.08. The highest BCUT2D eigenvalue weighted by Gasteiger charge is 2.50. The van der Waals surface area contributed by atoms with Crippen molar-refractivity contribution in [2.75, 3.05) is 13.1 Å². The first-order chi connectivity index (χ1) is 10.1. The first kappa shape index (κ1) is 14.8. The van der Waals surface area contributed by atoms with E-state index in [1.807, 2.05) is 24.3 Å². The molecule has 1 amide bonds. The van der Waals surface area contributed by atoms with Gasteiger partial charge in [-0.3, -0.25) is 4.79 Å². The number of rotatable bonds is 4. The molecule has 2 atom stereocenters. The molecule has 0 radical (unpaired) electrons. The van der Waals surface area contributed by atoms with Crippen molar-refractivity contribution < 1.29 is 9.18 Å². The standard InChI is InChI=1S/C16H20ClFN2O/c17-12-3-1-2-11(8-12)9-16(5-6-16)15(21)20-14-4-7-19-10-13(14)18/h1-3,8,13-14,19H,4-7,9-10H2,(H,20,21)/t13-,14-/m0/s1. The van der Waals surface area contributed by atoms with Crippen LogP contribution in [-0.2, 0) is 11.2 Å². The lowest BCUT2D eigenvalue weighted by atomic mass is 9.94. The molecule has 114 valence electrons. The van der Waals surface area contributed by atoms with Gasteiger partial charge in [-0.15, -0.1) is 0 Å². The van der Waals surface area contributed by atoms with Gasteiger partial charge in [0, 0.05) is 11.6 Å². The number of alkyl halides is 1. The van der Waals surface area contributed by atoms with Gasteiger partial charge in [0.15, 0.2) is 0 Å². The second-order valence-electron chi connectivity index (χ2n) is 6.18. The number of carbonyl (C=O) groups excluding carboxylic acids is 1. The smallest absolute Gasteiger partial charge is 0.226 e. The summed E-state index contributed by atoms with van der Waals surface area (Å²) in [4.78, 5) is 12.5. The van der Waals surface area contributed by atoms with E-state index in [0.717, 1.165) is 24.9 Å². The molecule has 1 aromatic rings. The summed E-state index contributed by atoms with van der Waals surface area (Å²) in [5.74, 6) is -0.00275. The zero-order valence-corrected chi connectivity index (χ0v) is 12.6. The van der Waals surface area contributed by atoms with E-state index >= 15 is 0 Å². The summed E-state index contributed by atoms with van der Waals surface area (Å²) >= 11 is 5.99. The number of amides is 1. The Labute approximate surface area is 129 Å². The molecule has 0 bridgehead atoms. The Balaban J connectivity index is 1.63. The first-order valence-electron chi connectivity index (χ1n) is 7.49. The molecule has 1 aromatic carbocycles. The van der Waals surface area contributed by atoms with Crippen LogP contribution in [0.2, 0.25) is 5.02 Å². The molecule has 0 unspecified atom stereocenters. The van der Waals surface area contributed by atoms with Crippen molar-refractivity contribution >= 4 is 17.5 Å². The van der Waals surface area contributed by atoms with Gasteiger partial charge in [0.05, 0.1) is 11.5 Å². The molecule has 5 heteroatoms. The number of hydrogen-bond acceptors (Lipinski definition) is 2. The van der Waals surface area contributed by atoms with Crippen molar-refractivity contribution in [1.82, 2.24) is 10.6 Å². The Hall–Kier alpha value is -1.13. The van der Waals surface area contributed by atoms with Gasteiger partial charge in [-0.2, -0.15) is 0 Å². The highest BCUT2D eigenvalue weighted by molar-refractivity contribution is 6.30. The van der Waals surface area contributed by atoms with Gasteiger partial charge in [-0.1, -0.05) is 23.7 Å². The molecule has 0 spiro atoms. The molecule has 1 aliphatic heterocycles. The van der Waals surface area contributed by atoms with Crippen molar-refractivity contribution in [3.63, 3.8) is 0 Å². The van der Waals surface area contributed by atoms with Gasteiger partial charge in [0.25, 0.3) is 0 Å². The predicted molar refractivity (Wildman–Crippen MR) is 81.1 cm³/mol. The first-order valence-corrected chi connectivity index (χ1v) is 7.87. The van der Waals surface area contributed by atoms with Crippen molar-refractivity contribution in [3.8, 4) is 0 Å². The van der Waals surface area contributed by atoms with Crippen LogP contribution in [0.3, 0.4) is 0 Å². The van der Waals surface area contributed by atoms with Crippen LogP contribution in [-0.4, -0.2) is 31.2 Å². The normalized spacial score (nSPS) is 27.1. The largest absolute Gasteiger partial charge is 0.350 e. The summed E-state index contributed by atoms with van der Waals surface area (Å²) < 4.78 is 13.8. The highest BCUT2D eigenvalue weighted by atomic mass is 35.5. The van der Waals surface area contributed by atoms with Gasteiger partial charge in [-0.25, -0.2) is 4.39 Å². The number of piperidine rings is 1. The van der Waals surface area contributed by atoms with E-state index < -0.39 is 6.17 Å². The van der Waals surface area contributed by atoms with Gasteiger partial charge < -0.3 is 10.6 Å². The number of halogens is 2. The quantitative estimate of drug-likeness (QED) is 0.897. The minimum absolute atomic E-state index is 0.00275. The molecule has 21 heavy (non-hydrogen) atoms. The second-order valence-corrected chi connectivity index (χ2v) is 6.61. The Morgan fingerprint density at radius 3 is 2.95 bits per heavy atom. The Kier molecular flexibility index (Phi) is 4.18. The van der Waals surface area contributed by atoms with Crippen molar-refractivity contribution in [1.29, 1.82) is 0 Å². The minimum atomic E-state index is -0.996. The van der Waals surface area contributed by atoms with E-state index in [9.17, 15) is 9.18 Å². The maximum atomic E-state index is 13.8. The topological polar surface area (TPSA) is 41.1 Å². The summed E-state index contributed by atoms with van der Waals surface area (Å²) in [6, 6.07) is 7.26. The second kappa shape index (κ2) is 5.93.